The van der Waals surface area contributed by atoms with Crippen LogP contribution in [0.3, 0.4) is 0 Å². The molecule has 0 unspecified atom stereocenters. The number of allylic oxidation sites excluding steroid dienone is 2. The van der Waals surface area contributed by atoms with Crippen molar-refractivity contribution in [2.45, 2.75) is 30.8 Å². The van der Waals surface area contributed by atoms with Crippen LogP contribution in [0, 0.1) is 57.0 Å². The maximum atomic E-state index is 14.8. The van der Waals surface area contributed by atoms with E-state index in [2.05, 4.69) is 4.90 Å². The van der Waals surface area contributed by atoms with Crippen molar-refractivity contribution in [2.24, 2.45) is 17.1 Å². The topological polar surface area (TPSA) is 101 Å². The van der Waals surface area contributed by atoms with E-state index in [1.54, 1.807) is 0 Å². The quantitative estimate of drug-likeness (QED) is 0.811. The number of nitrogens with zero attached hydrogens (tertiary/aromatic N) is 4. The zero-order valence-corrected chi connectivity index (χ0v) is 15.2. The van der Waals surface area contributed by atoms with Crippen molar-refractivity contribution in [2.75, 3.05) is 7.05 Å². The van der Waals surface area contributed by atoms with Gasteiger partial charge in [0, 0.05) is 29.5 Å². The Morgan fingerprint density at radius 2 is 1.79 bits per heavy atom. The van der Waals surface area contributed by atoms with Crippen LogP contribution in [0.1, 0.15) is 24.3 Å². The third-order valence-electron chi connectivity index (χ3n) is 6.53. The fraction of sp³-hybridized carbons (Fsp3) is 0.381. The Kier molecular flexibility index (Phi) is 4.00. The summed E-state index contributed by atoms with van der Waals surface area (Å²) in [5, 5.41) is 29.7. The lowest BCUT2D eigenvalue weighted by atomic mass is 9.56. The zero-order valence-electron chi connectivity index (χ0n) is 15.2. The maximum Gasteiger partial charge on any atom is 0.191 e. The Labute approximate surface area is 161 Å². The molecule has 28 heavy (non-hydrogen) atoms. The second-order valence-corrected chi connectivity index (χ2v) is 7.57. The molecule has 140 valence electrons. The molecule has 2 bridgehead atoms. The van der Waals surface area contributed by atoms with Gasteiger partial charge < -0.3 is 5.73 Å². The Morgan fingerprint density at radius 3 is 2.36 bits per heavy atom. The summed E-state index contributed by atoms with van der Waals surface area (Å²) in [7, 11) is 1.92. The molecule has 0 aromatic heterocycles. The highest BCUT2D eigenvalue weighted by molar-refractivity contribution is 5.60. The second kappa shape index (κ2) is 6.16. The predicted octanol–water partition coefficient (Wildman–Crippen LogP) is 2.85. The van der Waals surface area contributed by atoms with Gasteiger partial charge in [0.15, 0.2) is 5.41 Å². The summed E-state index contributed by atoms with van der Waals surface area (Å²) >= 11 is 0. The number of halogens is 2. The first kappa shape index (κ1) is 18.2. The molecule has 4 rings (SSSR count). The van der Waals surface area contributed by atoms with Gasteiger partial charge in [-0.05, 0) is 37.6 Å². The summed E-state index contributed by atoms with van der Waals surface area (Å²) in [6, 6.07) is 9.29. The predicted molar refractivity (Wildman–Crippen MR) is 95.7 cm³/mol. The van der Waals surface area contributed by atoms with Crippen LogP contribution >= 0.6 is 0 Å². The van der Waals surface area contributed by atoms with E-state index in [1.165, 1.54) is 6.07 Å². The lowest BCUT2D eigenvalue weighted by Crippen LogP contribution is -2.51. The van der Waals surface area contributed by atoms with Gasteiger partial charge in [-0.25, -0.2) is 8.78 Å². The van der Waals surface area contributed by atoms with Crippen molar-refractivity contribution in [3.8, 4) is 18.2 Å². The molecule has 1 fully saturated rings. The molecule has 2 aliphatic heterocycles. The molecule has 3 aliphatic rings. The van der Waals surface area contributed by atoms with E-state index in [0.29, 0.717) is 5.57 Å². The third-order valence-corrected chi connectivity index (χ3v) is 6.53. The average molecular weight is 377 g/mol. The number of hydrogen-bond acceptors (Lipinski definition) is 5. The minimum absolute atomic E-state index is 0.0890. The van der Waals surface area contributed by atoms with Crippen LogP contribution in [0.5, 0.6) is 0 Å². The van der Waals surface area contributed by atoms with E-state index in [4.69, 9.17) is 5.73 Å². The van der Waals surface area contributed by atoms with Gasteiger partial charge in [0.05, 0.1) is 23.4 Å². The van der Waals surface area contributed by atoms with Crippen molar-refractivity contribution >= 4 is 0 Å². The van der Waals surface area contributed by atoms with Gasteiger partial charge in [-0.15, -0.1) is 0 Å². The summed E-state index contributed by atoms with van der Waals surface area (Å²) < 4.78 is 29.7. The summed E-state index contributed by atoms with van der Waals surface area (Å²) in [6.45, 7) is 0. The standard InChI is InChI=1S/C21H17F2N5/c1-28-11-5-6-16(28)17-12(7-11)13(8-24)20(27)21(9-25,10-26)19(17)18-14(22)3-2-4-15(18)23/h2-4,7,11,16-17,19H,5-6,27H2,1H3/t11-,16-,17-,19-/m1/s1. The van der Waals surface area contributed by atoms with Crippen LogP contribution in [-0.2, 0) is 0 Å². The van der Waals surface area contributed by atoms with Crippen LogP contribution < -0.4 is 5.73 Å². The molecule has 4 atom stereocenters. The van der Waals surface area contributed by atoms with E-state index < -0.39 is 28.9 Å². The minimum atomic E-state index is -2.04. The van der Waals surface area contributed by atoms with Crippen molar-refractivity contribution in [1.29, 1.82) is 15.8 Å². The van der Waals surface area contributed by atoms with Gasteiger partial charge >= 0.3 is 0 Å². The Balaban J connectivity index is 2.11. The summed E-state index contributed by atoms with van der Waals surface area (Å²) in [5.74, 6) is -3.39. The zero-order chi connectivity index (χ0) is 20.2. The van der Waals surface area contributed by atoms with Gasteiger partial charge in [0.25, 0.3) is 0 Å². The van der Waals surface area contributed by atoms with Crippen molar-refractivity contribution in [1.82, 2.24) is 4.90 Å². The van der Waals surface area contributed by atoms with Crippen molar-refractivity contribution in [3.63, 3.8) is 0 Å². The highest BCUT2D eigenvalue weighted by Gasteiger charge is 2.59. The largest absolute Gasteiger partial charge is 0.399 e. The lowest BCUT2D eigenvalue weighted by Gasteiger charge is -2.48. The molecular weight excluding hydrogens is 360 g/mol. The molecule has 0 radical (unpaired) electrons. The van der Waals surface area contributed by atoms with E-state index in [1.807, 2.05) is 31.3 Å². The molecule has 2 heterocycles. The van der Waals surface area contributed by atoms with Gasteiger partial charge in [-0.3, -0.25) is 4.90 Å². The number of hydrogen-bond donors (Lipinski definition) is 1. The van der Waals surface area contributed by atoms with Gasteiger partial charge in [0.1, 0.15) is 17.7 Å². The molecule has 1 aromatic rings. The number of fused-ring (bicyclic) bond motifs is 4. The fourth-order valence-electron chi connectivity index (χ4n) is 5.21. The van der Waals surface area contributed by atoms with Crippen LogP contribution in [0.2, 0.25) is 0 Å². The van der Waals surface area contributed by atoms with E-state index in [9.17, 15) is 24.6 Å². The number of nitriles is 3. The van der Waals surface area contributed by atoms with Gasteiger partial charge in [-0.1, -0.05) is 12.1 Å². The smallest absolute Gasteiger partial charge is 0.191 e. The highest BCUT2D eigenvalue weighted by Crippen LogP contribution is 2.58. The first-order chi connectivity index (χ1) is 13.4. The molecule has 2 N–H and O–H groups in total. The van der Waals surface area contributed by atoms with Gasteiger partial charge in [-0.2, -0.15) is 15.8 Å². The molecule has 1 aromatic carbocycles. The molecule has 1 aliphatic carbocycles. The van der Waals surface area contributed by atoms with Crippen LogP contribution in [0.4, 0.5) is 8.78 Å². The van der Waals surface area contributed by atoms with Crippen molar-refractivity contribution < 1.29 is 8.78 Å². The monoisotopic (exact) mass is 377 g/mol. The number of likely N-dealkylation sites (N-methyl/N-ethyl adjacent to an activating group) is 1. The van der Waals surface area contributed by atoms with Crippen molar-refractivity contribution in [3.05, 3.63) is 58.3 Å². The first-order valence-electron chi connectivity index (χ1n) is 9.02. The van der Waals surface area contributed by atoms with Gasteiger partial charge in [0.2, 0.25) is 0 Å². The second-order valence-electron chi connectivity index (χ2n) is 7.57. The van der Waals surface area contributed by atoms with Crippen LogP contribution in [-0.4, -0.2) is 24.0 Å². The number of rotatable bonds is 1. The molecule has 0 saturated carbocycles. The average Bonchev–Trinajstić information content (AvgIpc) is 2.91. The fourth-order valence-corrected chi connectivity index (χ4v) is 5.21. The third kappa shape index (κ3) is 2.10. The first-order valence-corrected chi connectivity index (χ1v) is 9.02. The normalized spacial score (nSPS) is 30.6. The van der Waals surface area contributed by atoms with Crippen LogP contribution in [0.15, 0.2) is 41.1 Å². The molecular formula is C21H17F2N5. The minimum Gasteiger partial charge on any atom is -0.399 e. The summed E-state index contributed by atoms with van der Waals surface area (Å²) in [4.78, 5) is 2.09. The molecule has 0 spiro atoms. The molecule has 5 nitrogen and oxygen atoms in total. The Hall–Kier alpha value is -3.21. The number of nitrogens with two attached hydrogens (primary N) is 1. The SMILES string of the molecule is CN1[C@@H]2CC[C@@H]1C=C1C(C#N)=C(N)C(C#N)(C#N)[C@@H](c3c(F)cccc3F)[C@H]12. The Bertz CT molecular complexity index is 1020. The summed E-state index contributed by atoms with van der Waals surface area (Å²) in [5.41, 5.74) is 4.29. The summed E-state index contributed by atoms with van der Waals surface area (Å²) in [6.07, 6.45) is 3.48. The molecule has 7 heteroatoms. The molecule has 1 saturated heterocycles. The molecule has 0 amide bonds. The van der Waals surface area contributed by atoms with E-state index in [-0.39, 0.29) is 28.9 Å². The Morgan fingerprint density at radius 1 is 1.14 bits per heavy atom. The van der Waals surface area contributed by atoms with Crippen LogP contribution in [0.25, 0.3) is 0 Å². The maximum absolute atomic E-state index is 14.8. The number of benzene rings is 1. The van der Waals surface area contributed by atoms with E-state index in [0.717, 1.165) is 25.0 Å². The highest BCUT2D eigenvalue weighted by atomic mass is 19.1. The van der Waals surface area contributed by atoms with E-state index >= 15 is 0 Å². The lowest BCUT2D eigenvalue weighted by molar-refractivity contribution is 0.157.